The summed E-state index contributed by atoms with van der Waals surface area (Å²) in [5.74, 6) is -1.63. The number of hydrogen-bond acceptors (Lipinski definition) is 3. The third kappa shape index (κ3) is 3.16. The molecule has 19 heavy (non-hydrogen) atoms. The minimum atomic E-state index is -1.12. The number of amides is 1. The molecule has 2 N–H and O–H groups in total. The standard InChI is InChI=1S/C14H12N2O3/c17-13(11-8-4-5-9-15-11)16-12(14(18)19)10-6-2-1-3-7-10/h1-9,12H,(H,16,17)(H,18,19)/t12-/m1/s1. The number of rotatable bonds is 4. The van der Waals surface area contributed by atoms with Crippen LogP contribution in [0.5, 0.6) is 0 Å². The molecular weight excluding hydrogens is 244 g/mol. The molecule has 96 valence electrons. The Hall–Kier alpha value is -2.69. The Bertz CT molecular complexity index is 570. The maximum absolute atomic E-state index is 11.9. The molecule has 1 aromatic heterocycles. The van der Waals surface area contributed by atoms with Crippen LogP contribution in [0.15, 0.2) is 54.7 Å². The molecule has 0 saturated carbocycles. The van der Waals surface area contributed by atoms with Crippen molar-refractivity contribution in [2.24, 2.45) is 0 Å². The predicted molar refractivity (Wildman–Crippen MR) is 68.5 cm³/mol. The lowest BCUT2D eigenvalue weighted by atomic mass is 10.1. The van der Waals surface area contributed by atoms with E-state index < -0.39 is 17.9 Å². The quantitative estimate of drug-likeness (QED) is 0.871. The van der Waals surface area contributed by atoms with E-state index >= 15 is 0 Å². The van der Waals surface area contributed by atoms with Crippen molar-refractivity contribution in [2.75, 3.05) is 0 Å². The molecule has 1 atom stereocenters. The van der Waals surface area contributed by atoms with E-state index in [1.165, 1.54) is 12.3 Å². The average Bonchev–Trinajstić information content (AvgIpc) is 2.46. The van der Waals surface area contributed by atoms with E-state index in [0.717, 1.165) is 0 Å². The number of nitrogens with zero attached hydrogens (tertiary/aromatic N) is 1. The Morgan fingerprint density at radius 3 is 2.32 bits per heavy atom. The molecule has 2 aromatic rings. The van der Waals surface area contributed by atoms with E-state index in [1.54, 1.807) is 42.5 Å². The van der Waals surface area contributed by atoms with E-state index in [-0.39, 0.29) is 5.69 Å². The second-order valence-corrected chi connectivity index (χ2v) is 3.87. The maximum atomic E-state index is 11.9. The van der Waals surface area contributed by atoms with Gasteiger partial charge in [-0.2, -0.15) is 0 Å². The van der Waals surface area contributed by atoms with Crippen LogP contribution in [0.3, 0.4) is 0 Å². The molecule has 1 aromatic carbocycles. The molecule has 2 rings (SSSR count). The smallest absolute Gasteiger partial charge is 0.330 e. The van der Waals surface area contributed by atoms with Crippen LogP contribution in [0.4, 0.5) is 0 Å². The second kappa shape index (κ2) is 5.77. The number of pyridine rings is 1. The Balaban J connectivity index is 2.19. The van der Waals surface area contributed by atoms with Crippen molar-refractivity contribution in [3.63, 3.8) is 0 Å². The van der Waals surface area contributed by atoms with E-state index in [2.05, 4.69) is 10.3 Å². The van der Waals surface area contributed by atoms with Gasteiger partial charge in [-0.3, -0.25) is 9.78 Å². The Labute approximate surface area is 109 Å². The Morgan fingerprint density at radius 2 is 1.74 bits per heavy atom. The van der Waals surface area contributed by atoms with E-state index in [0.29, 0.717) is 5.56 Å². The number of aromatic nitrogens is 1. The van der Waals surface area contributed by atoms with Gasteiger partial charge < -0.3 is 10.4 Å². The highest BCUT2D eigenvalue weighted by atomic mass is 16.4. The number of hydrogen-bond donors (Lipinski definition) is 2. The van der Waals surface area contributed by atoms with Crippen LogP contribution in [-0.2, 0) is 4.79 Å². The average molecular weight is 256 g/mol. The van der Waals surface area contributed by atoms with Gasteiger partial charge in [0, 0.05) is 6.20 Å². The van der Waals surface area contributed by atoms with Crippen LogP contribution in [0.25, 0.3) is 0 Å². The summed E-state index contributed by atoms with van der Waals surface area (Å²) in [4.78, 5) is 27.0. The van der Waals surface area contributed by atoms with Gasteiger partial charge in [-0.25, -0.2) is 4.79 Å². The van der Waals surface area contributed by atoms with Gasteiger partial charge in [0.2, 0.25) is 0 Å². The molecule has 0 saturated heterocycles. The fraction of sp³-hybridized carbons (Fsp3) is 0.0714. The summed E-state index contributed by atoms with van der Waals surface area (Å²) in [7, 11) is 0. The van der Waals surface area contributed by atoms with E-state index in [9.17, 15) is 14.7 Å². The van der Waals surface area contributed by atoms with Crippen molar-refractivity contribution in [1.82, 2.24) is 10.3 Å². The lowest BCUT2D eigenvalue weighted by Gasteiger charge is -2.14. The lowest BCUT2D eigenvalue weighted by Crippen LogP contribution is -2.34. The lowest BCUT2D eigenvalue weighted by molar-refractivity contribution is -0.139. The number of carboxylic acid groups (broad SMARTS) is 1. The fourth-order valence-electron chi connectivity index (χ4n) is 1.64. The van der Waals surface area contributed by atoms with Crippen LogP contribution in [0, 0.1) is 0 Å². The molecule has 0 unspecified atom stereocenters. The molecule has 0 spiro atoms. The van der Waals surface area contributed by atoms with Crippen molar-refractivity contribution in [3.8, 4) is 0 Å². The monoisotopic (exact) mass is 256 g/mol. The summed E-state index contributed by atoms with van der Waals surface area (Å²) < 4.78 is 0. The molecular formula is C14H12N2O3. The van der Waals surface area contributed by atoms with Gasteiger partial charge in [0.15, 0.2) is 6.04 Å². The normalized spacial score (nSPS) is 11.6. The van der Waals surface area contributed by atoms with Crippen LogP contribution in [0.1, 0.15) is 22.1 Å². The van der Waals surface area contributed by atoms with E-state index in [4.69, 9.17) is 0 Å². The fourth-order valence-corrected chi connectivity index (χ4v) is 1.64. The molecule has 0 aliphatic rings. The van der Waals surface area contributed by atoms with Crippen LogP contribution < -0.4 is 5.32 Å². The summed E-state index contributed by atoms with van der Waals surface area (Å²) in [5.41, 5.74) is 0.698. The van der Waals surface area contributed by atoms with Gasteiger partial charge in [-0.15, -0.1) is 0 Å². The highest BCUT2D eigenvalue weighted by Gasteiger charge is 2.22. The molecule has 1 amide bonds. The molecule has 5 heteroatoms. The molecule has 0 bridgehead atoms. The summed E-state index contributed by atoms with van der Waals surface area (Å²) in [6.07, 6.45) is 1.48. The minimum absolute atomic E-state index is 0.185. The number of aliphatic carboxylic acids is 1. The molecule has 0 fully saturated rings. The number of carbonyl (C=O) groups is 2. The third-order valence-corrected chi connectivity index (χ3v) is 2.55. The molecule has 0 radical (unpaired) electrons. The topological polar surface area (TPSA) is 79.3 Å². The number of carboxylic acids is 1. The van der Waals surface area contributed by atoms with Crippen molar-refractivity contribution < 1.29 is 14.7 Å². The second-order valence-electron chi connectivity index (χ2n) is 3.87. The molecule has 0 aliphatic heterocycles. The Kier molecular flexibility index (Phi) is 3.87. The molecule has 5 nitrogen and oxygen atoms in total. The summed E-state index contributed by atoms with van der Waals surface area (Å²) in [6.45, 7) is 0. The summed E-state index contributed by atoms with van der Waals surface area (Å²) >= 11 is 0. The first-order valence-electron chi connectivity index (χ1n) is 5.68. The van der Waals surface area contributed by atoms with Crippen LogP contribution >= 0.6 is 0 Å². The Morgan fingerprint density at radius 1 is 1.05 bits per heavy atom. The van der Waals surface area contributed by atoms with Crippen molar-refractivity contribution in [3.05, 3.63) is 66.0 Å². The summed E-state index contributed by atoms with van der Waals surface area (Å²) in [6, 6.07) is 12.3. The van der Waals surface area contributed by atoms with Crippen molar-refractivity contribution >= 4 is 11.9 Å². The largest absolute Gasteiger partial charge is 0.479 e. The number of benzene rings is 1. The highest BCUT2D eigenvalue weighted by Crippen LogP contribution is 2.13. The highest BCUT2D eigenvalue weighted by molar-refractivity contribution is 5.95. The first-order valence-corrected chi connectivity index (χ1v) is 5.68. The third-order valence-electron chi connectivity index (χ3n) is 2.55. The van der Waals surface area contributed by atoms with Gasteiger partial charge >= 0.3 is 5.97 Å². The zero-order valence-corrected chi connectivity index (χ0v) is 9.98. The van der Waals surface area contributed by atoms with Crippen LogP contribution in [-0.4, -0.2) is 22.0 Å². The van der Waals surface area contributed by atoms with Crippen LogP contribution in [0.2, 0.25) is 0 Å². The van der Waals surface area contributed by atoms with Gasteiger partial charge in [-0.1, -0.05) is 36.4 Å². The summed E-state index contributed by atoms with van der Waals surface area (Å²) in [5, 5.41) is 11.6. The molecule has 0 aliphatic carbocycles. The zero-order valence-electron chi connectivity index (χ0n) is 9.98. The molecule has 1 heterocycles. The number of carbonyl (C=O) groups excluding carboxylic acids is 1. The van der Waals surface area contributed by atoms with Gasteiger partial charge in [0.25, 0.3) is 5.91 Å². The van der Waals surface area contributed by atoms with Gasteiger partial charge in [-0.05, 0) is 17.7 Å². The number of nitrogens with one attached hydrogen (secondary N) is 1. The van der Waals surface area contributed by atoms with Crippen molar-refractivity contribution in [1.29, 1.82) is 0 Å². The van der Waals surface area contributed by atoms with Gasteiger partial charge in [0.1, 0.15) is 5.69 Å². The zero-order chi connectivity index (χ0) is 13.7. The van der Waals surface area contributed by atoms with E-state index in [1.807, 2.05) is 0 Å². The predicted octanol–water partition coefficient (Wildman–Crippen LogP) is 1.64. The maximum Gasteiger partial charge on any atom is 0.330 e. The minimum Gasteiger partial charge on any atom is -0.479 e. The first-order chi connectivity index (χ1) is 9.18. The SMILES string of the molecule is O=C(N[C@@H](C(=O)O)c1ccccc1)c1ccccn1. The first kappa shape index (κ1) is 12.8. The van der Waals surface area contributed by atoms with Gasteiger partial charge in [0.05, 0.1) is 0 Å². The van der Waals surface area contributed by atoms with Crippen molar-refractivity contribution in [2.45, 2.75) is 6.04 Å².